The largest absolute Gasteiger partial charge is 0.451 e. The molecule has 1 aromatic carbocycles. The number of benzene rings is 1. The summed E-state index contributed by atoms with van der Waals surface area (Å²) >= 11 is 2.45. The first-order valence-corrected chi connectivity index (χ1v) is 9.99. The van der Waals surface area contributed by atoms with Crippen molar-refractivity contribution in [2.24, 2.45) is 0 Å². The number of rotatable bonds is 6. The van der Waals surface area contributed by atoms with E-state index in [2.05, 4.69) is 10.3 Å². The molecule has 0 aliphatic carbocycles. The van der Waals surface area contributed by atoms with Crippen molar-refractivity contribution < 1.29 is 32.4 Å². The van der Waals surface area contributed by atoms with Gasteiger partial charge < -0.3 is 15.0 Å². The van der Waals surface area contributed by atoms with Gasteiger partial charge in [-0.2, -0.15) is 13.2 Å². The molecule has 0 bridgehead atoms. The lowest BCUT2D eigenvalue weighted by atomic mass is 10.1. The Balaban J connectivity index is 1.65. The quantitative estimate of drug-likeness (QED) is 0.324. The standard InChI is InChI=1S/C17H13F3N4O5S2/c1-23(2)16-22-14-11(31-16)6-12(30-14)15(26)29-7-13(25)21-9-4-3-8(17(18,19)20)5-10(9)24(27)28/h3-6H,7H2,1-2H3,(H,21,25). The molecule has 31 heavy (non-hydrogen) atoms. The molecule has 0 aliphatic heterocycles. The topological polar surface area (TPSA) is 115 Å². The number of thiazole rings is 1. The Morgan fingerprint density at radius 2 is 1.97 bits per heavy atom. The van der Waals surface area contributed by atoms with E-state index in [9.17, 15) is 32.9 Å². The number of anilines is 2. The molecule has 164 valence electrons. The van der Waals surface area contributed by atoms with Crippen LogP contribution in [0.1, 0.15) is 15.2 Å². The molecule has 2 heterocycles. The molecule has 0 unspecified atom stereocenters. The highest BCUT2D eigenvalue weighted by Crippen LogP contribution is 2.35. The van der Waals surface area contributed by atoms with Gasteiger partial charge in [-0.25, -0.2) is 9.78 Å². The molecule has 1 N–H and O–H groups in total. The van der Waals surface area contributed by atoms with E-state index in [-0.39, 0.29) is 4.88 Å². The number of aromatic nitrogens is 1. The molecular formula is C17H13F3N4O5S2. The fourth-order valence-corrected chi connectivity index (χ4v) is 4.40. The molecule has 0 atom stereocenters. The number of esters is 1. The van der Waals surface area contributed by atoms with Gasteiger partial charge in [0, 0.05) is 20.2 Å². The van der Waals surface area contributed by atoms with Gasteiger partial charge in [0.15, 0.2) is 11.7 Å². The molecular weight excluding hydrogens is 461 g/mol. The third-order valence-corrected chi connectivity index (χ3v) is 6.10. The summed E-state index contributed by atoms with van der Waals surface area (Å²) in [6.45, 7) is -0.779. The van der Waals surface area contributed by atoms with Crippen LogP contribution in [0.3, 0.4) is 0 Å². The molecule has 3 aromatic rings. The third kappa shape index (κ3) is 5.08. The Morgan fingerprint density at radius 3 is 2.55 bits per heavy atom. The van der Waals surface area contributed by atoms with Gasteiger partial charge in [-0.15, -0.1) is 11.3 Å². The molecule has 9 nitrogen and oxygen atoms in total. The van der Waals surface area contributed by atoms with E-state index in [1.54, 1.807) is 6.07 Å². The van der Waals surface area contributed by atoms with Crippen molar-refractivity contribution in [1.29, 1.82) is 0 Å². The van der Waals surface area contributed by atoms with Crippen LogP contribution < -0.4 is 10.2 Å². The maximum absolute atomic E-state index is 12.7. The molecule has 0 aliphatic rings. The molecule has 0 saturated carbocycles. The van der Waals surface area contributed by atoms with E-state index < -0.39 is 46.5 Å². The molecule has 14 heteroatoms. The number of nitro benzene ring substituents is 1. The van der Waals surface area contributed by atoms with Crippen LogP contribution in [0, 0.1) is 10.1 Å². The molecule has 3 rings (SSSR count). The van der Waals surface area contributed by atoms with Crippen molar-refractivity contribution in [3.8, 4) is 0 Å². The number of nitrogens with one attached hydrogen (secondary N) is 1. The van der Waals surface area contributed by atoms with E-state index in [0.717, 1.165) is 27.2 Å². The predicted molar refractivity (Wildman–Crippen MR) is 109 cm³/mol. The van der Waals surface area contributed by atoms with Crippen LogP contribution in [0.2, 0.25) is 0 Å². The number of nitro groups is 1. The Morgan fingerprint density at radius 1 is 1.26 bits per heavy atom. The Bertz CT molecular complexity index is 1140. The lowest BCUT2D eigenvalue weighted by molar-refractivity contribution is -0.384. The van der Waals surface area contributed by atoms with E-state index in [1.165, 1.54) is 11.3 Å². The minimum absolute atomic E-state index is 0.215. The van der Waals surface area contributed by atoms with Crippen molar-refractivity contribution >= 4 is 60.6 Å². The van der Waals surface area contributed by atoms with Crippen molar-refractivity contribution in [2.45, 2.75) is 6.18 Å². The number of halogens is 3. The maximum atomic E-state index is 12.7. The molecule has 0 radical (unpaired) electrons. The van der Waals surface area contributed by atoms with E-state index in [4.69, 9.17) is 4.74 Å². The zero-order chi connectivity index (χ0) is 22.9. The Hall–Kier alpha value is -3.26. The molecule has 0 fully saturated rings. The summed E-state index contributed by atoms with van der Waals surface area (Å²) in [4.78, 5) is 41.2. The fraction of sp³-hybridized carbons (Fsp3) is 0.235. The van der Waals surface area contributed by atoms with Crippen LogP contribution in [0.5, 0.6) is 0 Å². The second kappa shape index (κ2) is 8.47. The summed E-state index contributed by atoms with van der Waals surface area (Å²) in [6.07, 6.45) is -4.78. The lowest BCUT2D eigenvalue weighted by Gasteiger charge is -2.10. The zero-order valence-corrected chi connectivity index (χ0v) is 17.5. The third-order valence-electron chi connectivity index (χ3n) is 3.79. The summed E-state index contributed by atoms with van der Waals surface area (Å²) in [7, 11) is 3.66. The number of alkyl halides is 3. The average Bonchev–Trinajstić information content (AvgIpc) is 3.24. The summed E-state index contributed by atoms with van der Waals surface area (Å²) < 4.78 is 43.9. The summed E-state index contributed by atoms with van der Waals surface area (Å²) in [5, 5.41) is 13.9. The van der Waals surface area contributed by atoms with Gasteiger partial charge >= 0.3 is 12.1 Å². The van der Waals surface area contributed by atoms with Crippen LogP contribution in [-0.2, 0) is 15.7 Å². The van der Waals surface area contributed by atoms with Gasteiger partial charge in [0.1, 0.15) is 15.4 Å². The number of amides is 1. The van der Waals surface area contributed by atoms with Crippen LogP contribution >= 0.6 is 22.7 Å². The van der Waals surface area contributed by atoms with Crippen LogP contribution in [0.4, 0.5) is 29.7 Å². The number of ether oxygens (including phenoxy) is 1. The number of carbonyl (C=O) groups excluding carboxylic acids is 2. The van der Waals surface area contributed by atoms with E-state index in [1.807, 2.05) is 19.0 Å². The highest BCUT2D eigenvalue weighted by Gasteiger charge is 2.33. The van der Waals surface area contributed by atoms with Crippen LogP contribution in [-0.4, -0.2) is 42.5 Å². The van der Waals surface area contributed by atoms with Crippen LogP contribution in [0.25, 0.3) is 9.53 Å². The van der Waals surface area contributed by atoms with Gasteiger partial charge in [0.05, 0.1) is 15.2 Å². The Labute approximate surface area is 180 Å². The maximum Gasteiger partial charge on any atom is 0.416 e. The van der Waals surface area contributed by atoms with E-state index >= 15 is 0 Å². The van der Waals surface area contributed by atoms with Crippen molar-refractivity contribution in [3.05, 3.63) is 44.8 Å². The summed E-state index contributed by atoms with van der Waals surface area (Å²) in [5.74, 6) is -1.73. The number of nitrogens with zero attached hydrogens (tertiary/aromatic N) is 3. The van der Waals surface area contributed by atoms with Crippen molar-refractivity contribution in [2.75, 3.05) is 30.9 Å². The molecule has 0 saturated heterocycles. The van der Waals surface area contributed by atoms with Gasteiger partial charge in [0.2, 0.25) is 0 Å². The first kappa shape index (κ1) is 22.4. The lowest BCUT2D eigenvalue weighted by Crippen LogP contribution is -2.21. The first-order chi connectivity index (χ1) is 14.5. The summed E-state index contributed by atoms with van der Waals surface area (Å²) in [5.41, 5.74) is -2.61. The number of hydrogen-bond donors (Lipinski definition) is 1. The number of hydrogen-bond acceptors (Lipinski definition) is 9. The monoisotopic (exact) mass is 474 g/mol. The number of fused-ring (bicyclic) bond motifs is 1. The van der Waals surface area contributed by atoms with Gasteiger partial charge in [-0.1, -0.05) is 11.3 Å². The van der Waals surface area contributed by atoms with E-state index in [0.29, 0.717) is 17.0 Å². The van der Waals surface area contributed by atoms with Crippen molar-refractivity contribution in [3.63, 3.8) is 0 Å². The zero-order valence-electron chi connectivity index (χ0n) is 15.8. The minimum Gasteiger partial charge on any atom is -0.451 e. The highest BCUT2D eigenvalue weighted by molar-refractivity contribution is 7.29. The normalized spacial score (nSPS) is 11.4. The minimum atomic E-state index is -4.78. The Kier molecular flexibility index (Phi) is 6.13. The molecule has 0 spiro atoms. The highest BCUT2D eigenvalue weighted by atomic mass is 32.1. The average molecular weight is 474 g/mol. The van der Waals surface area contributed by atoms with Gasteiger partial charge in [-0.05, 0) is 18.2 Å². The number of carbonyl (C=O) groups is 2. The SMILES string of the molecule is CN(C)c1nc2sc(C(=O)OCC(=O)Nc3ccc(C(F)(F)F)cc3[N+](=O)[O-])cc2s1. The molecule has 2 aromatic heterocycles. The number of thiophene rings is 1. The summed E-state index contributed by atoms with van der Waals surface area (Å²) in [6, 6.07) is 3.25. The first-order valence-electron chi connectivity index (χ1n) is 8.36. The predicted octanol–water partition coefficient (Wildman–Crippen LogP) is 4.15. The van der Waals surface area contributed by atoms with Gasteiger partial charge in [0.25, 0.3) is 11.6 Å². The van der Waals surface area contributed by atoms with Crippen LogP contribution in [0.15, 0.2) is 24.3 Å². The smallest absolute Gasteiger partial charge is 0.416 e. The molecule has 1 amide bonds. The van der Waals surface area contributed by atoms with Gasteiger partial charge in [-0.3, -0.25) is 14.9 Å². The second-order valence-electron chi connectivity index (χ2n) is 6.28. The van der Waals surface area contributed by atoms with Crippen molar-refractivity contribution in [1.82, 2.24) is 4.98 Å². The second-order valence-corrected chi connectivity index (χ2v) is 8.32. The fourth-order valence-electron chi connectivity index (χ4n) is 2.37.